The molecule has 0 saturated heterocycles. The molecule has 10 heteroatoms. The number of aromatic nitrogens is 2. The molecule has 1 aliphatic rings. The largest absolute Gasteiger partial charge is 0.279 e. The Morgan fingerprint density at radius 3 is 2.58 bits per heavy atom. The smallest absolute Gasteiger partial charge is 0.264 e. The van der Waals surface area contributed by atoms with Crippen LogP contribution in [0, 0.1) is 5.82 Å². The fourth-order valence-electron chi connectivity index (χ4n) is 4.53. The van der Waals surface area contributed by atoms with Crippen molar-refractivity contribution >= 4 is 48.3 Å². The lowest BCUT2D eigenvalue weighted by atomic mass is 10.2. The number of amides is 1. The van der Waals surface area contributed by atoms with Crippen LogP contribution in [0.4, 0.5) is 15.2 Å². The van der Waals surface area contributed by atoms with E-state index < -0.39 is 15.8 Å². The molecule has 2 aromatic heterocycles. The van der Waals surface area contributed by atoms with Crippen molar-refractivity contribution in [3.05, 3.63) is 114 Å². The summed E-state index contributed by atoms with van der Waals surface area (Å²) in [6.07, 6.45) is 3.94. The van der Waals surface area contributed by atoms with Crippen LogP contribution in [0.5, 0.6) is 0 Å². The van der Waals surface area contributed by atoms with E-state index in [2.05, 4.69) is 9.97 Å². The summed E-state index contributed by atoms with van der Waals surface area (Å²) in [4.78, 5) is 23.8. The van der Waals surface area contributed by atoms with Gasteiger partial charge in [0.15, 0.2) is 5.13 Å². The Morgan fingerprint density at radius 2 is 1.82 bits per heavy atom. The first-order chi connectivity index (χ1) is 18.4. The monoisotopic (exact) mass is 544 g/mol. The number of pyridine rings is 1. The number of nitrogens with zero attached hydrogens (tertiary/aromatic N) is 4. The van der Waals surface area contributed by atoms with E-state index in [0.29, 0.717) is 28.5 Å². The van der Waals surface area contributed by atoms with Crippen LogP contribution >= 0.6 is 11.3 Å². The van der Waals surface area contributed by atoms with Crippen LogP contribution in [-0.2, 0) is 23.0 Å². The number of rotatable bonds is 6. The average molecular weight is 545 g/mol. The molecule has 0 radical (unpaired) electrons. The molecule has 3 heterocycles. The van der Waals surface area contributed by atoms with Gasteiger partial charge < -0.3 is 0 Å². The lowest BCUT2D eigenvalue weighted by molar-refractivity contribution is 0.0985. The molecule has 5 aromatic rings. The van der Waals surface area contributed by atoms with Crippen molar-refractivity contribution in [1.82, 2.24) is 9.97 Å². The number of carbonyl (C=O) groups excluding carboxylic acids is 1. The van der Waals surface area contributed by atoms with Gasteiger partial charge in [-0.2, -0.15) is 0 Å². The molecule has 190 valence electrons. The predicted molar refractivity (Wildman–Crippen MR) is 145 cm³/mol. The number of halogens is 1. The Labute approximate surface area is 222 Å². The molecule has 1 aliphatic heterocycles. The van der Waals surface area contributed by atoms with Gasteiger partial charge in [0.25, 0.3) is 15.9 Å². The Hall–Kier alpha value is -4.15. The molecule has 0 bridgehead atoms. The van der Waals surface area contributed by atoms with Gasteiger partial charge in [-0.25, -0.2) is 17.8 Å². The molecule has 0 saturated carbocycles. The van der Waals surface area contributed by atoms with E-state index in [-0.39, 0.29) is 28.4 Å². The molecule has 0 aliphatic carbocycles. The van der Waals surface area contributed by atoms with Crippen molar-refractivity contribution in [2.24, 2.45) is 0 Å². The van der Waals surface area contributed by atoms with Crippen LogP contribution < -0.4 is 9.21 Å². The molecule has 3 aromatic carbocycles. The summed E-state index contributed by atoms with van der Waals surface area (Å²) in [5.74, 6) is -0.847. The summed E-state index contributed by atoms with van der Waals surface area (Å²) in [7, 11) is -3.79. The number of thiazole rings is 1. The van der Waals surface area contributed by atoms with E-state index in [0.717, 1.165) is 11.1 Å². The topological polar surface area (TPSA) is 83.5 Å². The molecule has 38 heavy (non-hydrogen) atoms. The lowest BCUT2D eigenvalue weighted by Crippen LogP contribution is -2.31. The van der Waals surface area contributed by atoms with Gasteiger partial charge in [0.2, 0.25) is 0 Å². The molecule has 0 unspecified atom stereocenters. The van der Waals surface area contributed by atoms with Gasteiger partial charge in [-0.15, -0.1) is 0 Å². The molecule has 7 nitrogen and oxygen atoms in total. The quantitative estimate of drug-likeness (QED) is 0.285. The van der Waals surface area contributed by atoms with Crippen LogP contribution in [0.15, 0.2) is 96.2 Å². The molecule has 0 atom stereocenters. The van der Waals surface area contributed by atoms with Crippen molar-refractivity contribution in [2.45, 2.75) is 17.9 Å². The van der Waals surface area contributed by atoms with E-state index in [9.17, 15) is 17.6 Å². The molecule has 1 amide bonds. The predicted octanol–water partition coefficient (Wildman–Crippen LogP) is 5.43. The SMILES string of the molecule is O=C(c1ccc(S(=O)(=O)N2CCc3ccccc32)cc1)N(Cc1cccnc1)c1nc2c(F)cccc2s1. The van der Waals surface area contributed by atoms with Gasteiger partial charge in [-0.05, 0) is 66.1 Å². The van der Waals surface area contributed by atoms with Crippen LogP contribution in [0.25, 0.3) is 10.2 Å². The molecule has 0 fully saturated rings. The third-order valence-corrected chi connectivity index (χ3v) is 9.30. The van der Waals surface area contributed by atoms with Crippen LogP contribution in [0.3, 0.4) is 0 Å². The van der Waals surface area contributed by atoms with Crippen molar-refractivity contribution in [1.29, 1.82) is 0 Å². The fourth-order valence-corrected chi connectivity index (χ4v) is 7.01. The zero-order valence-corrected chi connectivity index (χ0v) is 21.6. The van der Waals surface area contributed by atoms with E-state index in [1.165, 1.54) is 50.9 Å². The minimum Gasteiger partial charge on any atom is -0.279 e. The van der Waals surface area contributed by atoms with Gasteiger partial charge in [0, 0.05) is 24.5 Å². The van der Waals surface area contributed by atoms with E-state index >= 15 is 0 Å². The zero-order chi connectivity index (χ0) is 26.3. The number of hydrogen-bond acceptors (Lipinski definition) is 6. The van der Waals surface area contributed by atoms with E-state index in [1.54, 1.807) is 36.7 Å². The van der Waals surface area contributed by atoms with E-state index in [4.69, 9.17) is 0 Å². The number of sulfonamides is 1. The minimum atomic E-state index is -3.79. The maximum Gasteiger partial charge on any atom is 0.264 e. The highest BCUT2D eigenvalue weighted by Crippen LogP contribution is 2.34. The Balaban J connectivity index is 1.33. The maximum atomic E-state index is 14.4. The highest BCUT2D eigenvalue weighted by atomic mass is 32.2. The maximum absolute atomic E-state index is 14.4. The first-order valence-electron chi connectivity index (χ1n) is 11.9. The number of fused-ring (bicyclic) bond motifs is 2. The molecule has 6 rings (SSSR count). The Morgan fingerprint density at radius 1 is 1.00 bits per heavy atom. The van der Waals surface area contributed by atoms with Crippen LogP contribution in [0.2, 0.25) is 0 Å². The molecular weight excluding hydrogens is 523 g/mol. The van der Waals surface area contributed by atoms with Gasteiger partial charge >= 0.3 is 0 Å². The summed E-state index contributed by atoms with van der Waals surface area (Å²) in [5.41, 5.74) is 2.92. The first-order valence-corrected chi connectivity index (χ1v) is 14.1. The van der Waals surface area contributed by atoms with Gasteiger partial charge in [0.1, 0.15) is 11.3 Å². The third kappa shape index (κ3) is 4.31. The van der Waals surface area contributed by atoms with Gasteiger partial charge in [0.05, 0.1) is 21.8 Å². The summed E-state index contributed by atoms with van der Waals surface area (Å²) in [5, 5.41) is 0.337. The van der Waals surface area contributed by atoms with Crippen LogP contribution in [-0.4, -0.2) is 30.8 Å². The number of para-hydroxylation sites is 2. The van der Waals surface area contributed by atoms with Crippen molar-refractivity contribution in [3.8, 4) is 0 Å². The highest BCUT2D eigenvalue weighted by molar-refractivity contribution is 7.92. The molecular formula is C28H21FN4O3S2. The number of hydrogen-bond donors (Lipinski definition) is 0. The number of anilines is 2. The zero-order valence-electron chi connectivity index (χ0n) is 20.0. The molecule has 0 spiro atoms. The standard InChI is InChI=1S/C28H21FN4O3S2/c29-23-7-3-9-25-26(23)31-28(37-25)32(18-19-5-4-15-30-17-19)27(34)21-10-12-22(13-11-21)38(35,36)33-16-14-20-6-1-2-8-24(20)33/h1-13,15,17H,14,16,18H2. The minimum absolute atomic E-state index is 0.103. The summed E-state index contributed by atoms with van der Waals surface area (Å²) in [6.45, 7) is 0.536. The summed E-state index contributed by atoms with van der Waals surface area (Å²) < 4.78 is 43.2. The number of carbonyl (C=O) groups is 1. The second kappa shape index (κ2) is 9.62. The van der Waals surface area contributed by atoms with Crippen molar-refractivity contribution in [3.63, 3.8) is 0 Å². The van der Waals surface area contributed by atoms with Gasteiger partial charge in [-0.1, -0.05) is 41.7 Å². The summed E-state index contributed by atoms with van der Waals surface area (Å²) >= 11 is 1.21. The second-order valence-electron chi connectivity index (χ2n) is 8.82. The Kier molecular flexibility index (Phi) is 6.13. The third-order valence-electron chi connectivity index (χ3n) is 6.43. The first kappa shape index (κ1) is 24.2. The highest BCUT2D eigenvalue weighted by Gasteiger charge is 2.31. The van der Waals surface area contributed by atoms with Gasteiger partial charge in [-0.3, -0.25) is 19.0 Å². The molecule has 0 N–H and O–H groups in total. The Bertz CT molecular complexity index is 1760. The fraction of sp³-hybridized carbons (Fsp3) is 0.107. The van der Waals surface area contributed by atoms with Crippen molar-refractivity contribution < 1.29 is 17.6 Å². The average Bonchev–Trinajstić information content (AvgIpc) is 3.58. The normalized spacial score (nSPS) is 13.0. The van der Waals surface area contributed by atoms with Crippen molar-refractivity contribution in [2.75, 3.05) is 15.7 Å². The lowest BCUT2D eigenvalue weighted by Gasteiger charge is -2.21. The number of benzene rings is 3. The summed E-state index contributed by atoms with van der Waals surface area (Å²) in [6, 6.07) is 21.6. The van der Waals surface area contributed by atoms with Crippen LogP contribution in [0.1, 0.15) is 21.5 Å². The van der Waals surface area contributed by atoms with E-state index in [1.807, 2.05) is 24.3 Å². The second-order valence-corrected chi connectivity index (χ2v) is 11.7.